The van der Waals surface area contributed by atoms with E-state index in [0.29, 0.717) is 31.8 Å². The molecule has 0 atom stereocenters. The highest BCUT2D eigenvalue weighted by molar-refractivity contribution is 6.06. The number of carbonyl (C=O) groups is 2. The summed E-state index contributed by atoms with van der Waals surface area (Å²) in [6.07, 6.45) is 5.69. The topological polar surface area (TPSA) is 94.7 Å². The highest BCUT2D eigenvalue weighted by Crippen LogP contribution is 2.37. The summed E-state index contributed by atoms with van der Waals surface area (Å²) in [5.74, 6) is -0.340. The maximum absolute atomic E-state index is 13.4. The summed E-state index contributed by atoms with van der Waals surface area (Å²) in [6.45, 7) is 2.66. The Morgan fingerprint density at radius 3 is 2.25 bits per heavy atom. The number of unbranched alkanes of at least 4 members (excludes halogenated alkanes) is 1. The average Bonchev–Trinajstić information content (AvgIpc) is 3.54. The fourth-order valence-corrected chi connectivity index (χ4v) is 5.81. The van der Waals surface area contributed by atoms with Gasteiger partial charge in [-0.05, 0) is 59.2 Å². The van der Waals surface area contributed by atoms with E-state index in [2.05, 4.69) is 39.5 Å². The largest absolute Gasteiger partial charge is 0.479 e. The first-order chi connectivity index (χ1) is 19.5. The number of aliphatic imine (C=N–C) groups is 1. The summed E-state index contributed by atoms with van der Waals surface area (Å²) in [6, 6.07) is 24.6. The van der Waals surface area contributed by atoms with E-state index in [1.54, 1.807) is 4.90 Å². The molecule has 1 fully saturated rings. The Kier molecular flexibility index (Phi) is 8.48. The van der Waals surface area contributed by atoms with Crippen LogP contribution in [0.2, 0.25) is 0 Å². The molecule has 0 saturated heterocycles. The number of amidine groups is 1. The minimum atomic E-state index is -1.13. The Bertz CT molecular complexity index is 1410. The van der Waals surface area contributed by atoms with Gasteiger partial charge >= 0.3 is 5.97 Å². The van der Waals surface area contributed by atoms with Gasteiger partial charge in [-0.3, -0.25) is 4.79 Å². The highest BCUT2D eigenvalue weighted by Gasteiger charge is 2.46. The number of aliphatic carboxylic acids is 1. The molecule has 0 radical (unpaired) electrons. The normalized spacial score (nSPS) is 16.0. The van der Waals surface area contributed by atoms with Crippen molar-refractivity contribution in [2.45, 2.75) is 70.4 Å². The van der Waals surface area contributed by atoms with Crippen LogP contribution in [0.15, 0.2) is 88.0 Å². The molecule has 0 spiro atoms. The molecular weight excluding hydrogens is 500 g/mol. The second-order valence-corrected chi connectivity index (χ2v) is 10.7. The number of carboxylic acid groups (broad SMARTS) is 1. The molecule has 7 nitrogen and oxygen atoms in total. The first-order valence-electron chi connectivity index (χ1n) is 14.3. The lowest BCUT2D eigenvalue weighted by Gasteiger charge is -2.43. The Morgan fingerprint density at radius 1 is 0.875 bits per heavy atom. The Hall–Kier alpha value is -4.13. The van der Waals surface area contributed by atoms with Crippen LogP contribution in [0.4, 0.5) is 0 Å². The molecule has 1 aliphatic heterocycles. The smallest absolute Gasteiger partial charge is 0.329 e. The number of rotatable bonds is 10. The molecular formula is C33H36N4O3. The maximum Gasteiger partial charge on any atom is 0.329 e. The Balaban J connectivity index is 1.48. The van der Waals surface area contributed by atoms with Gasteiger partial charge in [0.25, 0.3) is 0 Å². The van der Waals surface area contributed by atoms with Crippen LogP contribution in [0, 0.1) is 0 Å². The first-order valence-corrected chi connectivity index (χ1v) is 14.3. The molecule has 7 heteroatoms. The molecule has 1 aliphatic carbocycles. The van der Waals surface area contributed by atoms with Gasteiger partial charge in [0.1, 0.15) is 5.54 Å². The summed E-state index contributed by atoms with van der Waals surface area (Å²) < 4.78 is 0. The maximum atomic E-state index is 13.4. The SMILES string of the molecule is CCCCC(=O)N(Cc1ccc(-c2cc(-c3ccccc3)ccc2C2=NCN=N2)cc1)C1(C(=O)O)CCCCC1. The van der Waals surface area contributed by atoms with Crippen molar-refractivity contribution in [1.82, 2.24) is 4.90 Å². The number of benzene rings is 3. The van der Waals surface area contributed by atoms with Gasteiger partial charge in [-0.2, -0.15) is 5.11 Å². The minimum absolute atomic E-state index is 0.0716. The van der Waals surface area contributed by atoms with Crippen molar-refractivity contribution < 1.29 is 14.7 Å². The fourth-order valence-electron chi connectivity index (χ4n) is 5.81. The van der Waals surface area contributed by atoms with Crippen molar-refractivity contribution in [2.75, 3.05) is 6.67 Å². The van der Waals surface area contributed by atoms with Gasteiger partial charge < -0.3 is 10.0 Å². The van der Waals surface area contributed by atoms with Crippen molar-refractivity contribution in [2.24, 2.45) is 15.2 Å². The van der Waals surface area contributed by atoms with Crippen LogP contribution in [-0.2, 0) is 16.1 Å². The molecule has 206 valence electrons. The monoisotopic (exact) mass is 536 g/mol. The van der Waals surface area contributed by atoms with E-state index >= 15 is 0 Å². The van der Waals surface area contributed by atoms with Gasteiger partial charge in [0.05, 0.1) is 0 Å². The number of hydrogen-bond donors (Lipinski definition) is 1. The van der Waals surface area contributed by atoms with Crippen molar-refractivity contribution >= 4 is 17.7 Å². The Labute approximate surface area is 235 Å². The van der Waals surface area contributed by atoms with E-state index in [9.17, 15) is 14.7 Å². The third-order valence-electron chi connectivity index (χ3n) is 8.06. The third-order valence-corrected chi connectivity index (χ3v) is 8.06. The van der Waals surface area contributed by atoms with Gasteiger partial charge in [0, 0.05) is 18.5 Å². The summed E-state index contributed by atoms with van der Waals surface area (Å²) in [5.41, 5.74) is 4.90. The molecule has 1 saturated carbocycles. The van der Waals surface area contributed by atoms with Crippen LogP contribution in [0.5, 0.6) is 0 Å². The van der Waals surface area contributed by atoms with E-state index in [1.807, 2.05) is 55.5 Å². The van der Waals surface area contributed by atoms with E-state index in [0.717, 1.165) is 65.5 Å². The molecule has 3 aromatic rings. The van der Waals surface area contributed by atoms with E-state index in [-0.39, 0.29) is 12.5 Å². The first kappa shape index (κ1) is 27.4. The van der Waals surface area contributed by atoms with Gasteiger partial charge in [-0.15, -0.1) is 5.11 Å². The number of carbonyl (C=O) groups excluding carboxylic acids is 1. The molecule has 3 aromatic carbocycles. The Morgan fingerprint density at radius 2 is 1.60 bits per heavy atom. The molecule has 2 aliphatic rings. The number of nitrogens with zero attached hydrogens (tertiary/aromatic N) is 4. The van der Waals surface area contributed by atoms with Crippen LogP contribution in [0.25, 0.3) is 22.3 Å². The molecule has 0 unspecified atom stereocenters. The summed E-state index contributed by atoms with van der Waals surface area (Å²) in [5, 5.41) is 18.6. The zero-order valence-corrected chi connectivity index (χ0v) is 23.1. The van der Waals surface area contributed by atoms with Crippen LogP contribution < -0.4 is 0 Å². The number of amides is 1. The van der Waals surface area contributed by atoms with E-state index in [1.165, 1.54) is 0 Å². The zero-order valence-electron chi connectivity index (χ0n) is 23.1. The van der Waals surface area contributed by atoms with Crippen LogP contribution in [0.1, 0.15) is 69.4 Å². The number of hydrogen-bond acceptors (Lipinski definition) is 5. The second-order valence-electron chi connectivity index (χ2n) is 10.7. The van der Waals surface area contributed by atoms with Gasteiger partial charge in [0.2, 0.25) is 5.91 Å². The molecule has 1 heterocycles. The van der Waals surface area contributed by atoms with Gasteiger partial charge in [-0.1, -0.05) is 93.3 Å². The predicted octanol–water partition coefficient (Wildman–Crippen LogP) is 7.50. The van der Waals surface area contributed by atoms with Gasteiger partial charge in [-0.25, -0.2) is 9.79 Å². The number of carboxylic acids is 1. The average molecular weight is 537 g/mol. The minimum Gasteiger partial charge on any atom is -0.479 e. The summed E-state index contributed by atoms with van der Waals surface area (Å²) >= 11 is 0. The van der Waals surface area contributed by atoms with Crippen LogP contribution in [-0.4, -0.2) is 39.9 Å². The lowest BCUT2D eigenvalue weighted by molar-refractivity contribution is -0.163. The van der Waals surface area contributed by atoms with E-state index < -0.39 is 11.5 Å². The molecule has 40 heavy (non-hydrogen) atoms. The van der Waals surface area contributed by atoms with Crippen molar-refractivity contribution in [3.8, 4) is 22.3 Å². The second kappa shape index (κ2) is 12.4. The summed E-state index contributed by atoms with van der Waals surface area (Å²) in [4.78, 5) is 32.1. The standard InChI is InChI=1S/C33H36N4O3/c1-2-3-12-30(38)37(33(32(39)40)19-8-5-9-20-33)22-24-13-15-26(16-14-24)29-21-27(25-10-6-4-7-11-25)17-18-28(29)31-34-23-35-36-31/h4,6-7,10-11,13-18,21H,2-3,5,8-9,12,19-20,22-23H2,1H3,(H,39,40). The highest BCUT2D eigenvalue weighted by atomic mass is 16.4. The van der Waals surface area contributed by atoms with Crippen molar-refractivity contribution in [3.05, 3.63) is 83.9 Å². The van der Waals surface area contributed by atoms with E-state index in [4.69, 9.17) is 0 Å². The predicted molar refractivity (Wildman–Crippen MR) is 157 cm³/mol. The molecule has 1 amide bonds. The summed E-state index contributed by atoms with van der Waals surface area (Å²) in [7, 11) is 0. The number of azo groups is 1. The van der Waals surface area contributed by atoms with Crippen LogP contribution in [0.3, 0.4) is 0 Å². The van der Waals surface area contributed by atoms with Crippen molar-refractivity contribution in [3.63, 3.8) is 0 Å². The fraction of sp³-hybridized carbons (Fsp3) is 0.364. The van der Waals surface area contributed by atoms with Gasteiger partial charge in [0.15, 0.2) is 12.5 Å². The van der Waals surface area contributed by atoms with Crippen LogP contribution >= 0.6 is 0 Å². The molecule has 0 aromatic heterocycles. The lowest BCUT2D eigenvalue weighted by Crippen LogP contribution is -2.57. The molecule has 1 N–H and O–H groups in total. The van der Waals surface area contributed by atoms with Crippen molar-refractivity contribution in [1.29, 1.82) is 0 Å². The third kappa shape index (κ3) is 5.74. The zero-order chi connectivity index (χ0) is 28.0. The lowest BCUT2D eigenvalue weighted by atomic mass is 9.79. The molecule has 5 rings (SSSR count). The molecule has 0 bridgehead atoms. The quantitative estimate of drug-likeness (QED) is 0.291.